The number of nitrogens with zero attached hydrogens (tertiary/aromatic N) is 2. The highest BCUT2D eigenvalue weighted by Crippen LogP contribution is 2.45. The predicted molar refractivity (Wildman–Crippen MR) is 317 cm³/mol. The number of hydrogen-bond acceptors (Lipinski definition) is 2. The fourth-order valence-corrected chi connectivity index (χ4v) is 11.8. The van der Waals surface area contributed by atoms with Crippen LogP contribution in [0.25, 0.3) is 126 Å². The zero-order valence-corrected chi connectivity index (χ0v) is 40.9. The summed E-state index contributed by atoms with van der Waals surface area (Å²) in [5, 5.41) is 12.1. The number of anilines is 3. The molecule has 3 nitrogen and oxygen atoms in total. The van der Waals surface area contributed by atoms with Crippen molar-refractivity contribution in [3.8, 4) is 50.2 Å². The molecule has 0 bridgehead atoms. The normalized spacial score (nSPS) is 11.7. The van der Waals surface area contributed by atoms with Crippen LogP contribution in [0.5, 0.6) is 0 Å². The van der Waals surface area contributed by atoms with Gasteiger partial charge in [0, 0.05) is 49.6 Å². The average molecular weight is 955 g/mol. The van der Waals surface area contributed by atoms with Gasteiger partial charge in [0.15, 0.2) is 0 Å². The van der Waals surface area contributed by atoms with Gasteiger partial charge in [-0.2, -0.15) is 0 Å². The maximum atomic E-state index is 6.59. The van der Waals surface area contributed by atoms with E-state index < -0.39 is 0 Å². The third-order valence-electron chi connectivity index (χ3n) is 15.4. The topological polar surface area (TPSA) is 21.3 Å². The zero-order chi connectivity index (χ0) is 49.4. The van der Waals surface area contributed by atoms with E-state index in [0.717, 1.165) is 77.9 Å². The molecule has 0 radical (unpaired) electrons. The van der Waals surface area contributed by atoms with Crippen LogP contribution in [0, 0.1) is 0 Å². The molecule has 0 amide bonds. The smallest absolute Gasteiger partial charge is 0.143 e. The first-order valence-corrected chi connectivity index (χ1v) is 25.7. The Morgan fingerprint density at radius 3 is 1.56 bits per heavy atom. The van der Waals surface area contributed by atoms with Crippen LogP contribution < -0.4 is 4.90 Å². The molecule has 0 aliphatic heterocycles. The molecule has 13 aromatic carbocycles. The number of rotatable bonds is 8. The molecule has 15 aromatic rings. The Hall–Kier alpha value is -9.96. The van der Waals surface area contributed by atoms with Gasteiger partial charge < -0.3 is 13.9 Å². The largest absolute Gasteiger partial charge is 0.455 e. The molecule has 0 atom stereocenters. The zero-order valence-electron chi connectivity index (χ0n) is 40.9. The number of benzene rings is 13. The van der Waals surface area contributed by atoms with Crippen molar-refractivity contribution in [2.24, 2.45) is 0 Å². The number of hydrogen-bond donors (Lipinski definition) is 0. The van der Waals surface area contributed by atoms with Crippen molar-refractivity contribution in [1.29, 1.82) is 0 Å². The lowest BCUT2D eigenvalue weighted by Gasteiger charge is -2.28. The van der Waals surface area contributed by atoms with Gasteiger partial charge in [-0.05, 0) is 151 Å². The summed E-state index contributed by atoms with van der Waals surface area (Å²) in [5.74, 6) is 0. The molecule has 3 heteroatoms. The van der Waals surface area contributed by atoms with Crippen LogP contribution in [0.1, 0.15) is 0 Å². The first kappa shape index (κ1) is 42.7. The van der Waals surface area contributed by atoms with Crippen molar-refractivity contribution in [2.75, 3.05) is 4.90 Å². The Balaban J connectivity index is 0.840. The van der Waals surface area contributed by atoms with Crippen molar-refractivity contribution >= 4 is 93.1 Å². The van der Waals surface area contributed by atoms with Gasteiger partial charge in [-0.15, -0.1) is 0 Å². The number of furan rings is 1. The molecule has 0 saturated carbocycles. The number of para-hydroxylation sites is 3. The van der Waals surface area contributed by atoms with Crippen molar-refractivity contribution in [3.63, 3.8) is 0 Å². The van der Waals surface area contributed by atoms with Gasteiger partial charge in [0.25, 0.3) is 0 Å². The lowest BCUT2D eigenvalue weighted by atomic mass is 9.92. The molecule has 2 heterocycles. The summed E-state index contributed by atoms with van der Waals surface area (Å²) in [6.45, 7) is 0. The Morgan fingerprint density at radius 1 is 0.280 bits per heavy atom. The minimum absolute atomic E-state index is 0.880. The molecule has 0 unspecified atom stereocenters. The molecular formula is C72H46N2O. The summed E-state index contributed by atoms with van der Waals surface area (Å²) in [4.78, 5) is 2.40. The van der Waals surface area contributed by atoms with Crippen molar-refractivity contribution in [2.45, 2.75) is 0 Å². The lowest BCUT2D eigenvalue weighted by molar-refractivity contribution is 0.672. The first-order valence-electron chi connectivity index (χ1n) is 25.7. The molecule has 0 spiro atoms. The fraction of sp³-hybridized carbons (Fsp3) is 0. The van der Waals surface area contributed by atoms with Gasteiger partial charge in [-0.3, -0.25) is 0 Å². The SMILES string of the molecule is c1cc(-c2ccc(N(c3ccc(-c4cccc(-n5c6ccccc6c6ccccc65)c4)cc3)c3ccccc3-c3ccc4oc5c6ccccc6ccc5c4c3)cc2)cc(-c2cc3ccccc3c3ccccc23)c1. The van der Waals surface area contributed by atoms with E-state index >= 15 is 0 Å². The second kappa shape index (κ2) is 17.4. The fourth-order valence-electron chi connectivity index (χ4n) is 11.8. The highest BCUT2D eigenvalue weighted by atomic mass is 16.3. The third kappa shape index (κ3) is 7.12. The second-order valence-corrected chi connectivity index (χ2v) is 19.6. The minimum Gasteiger partial charge on any atom is -0.455 e. The van der Waals surface area contributed by atoms with Gasteiger partial charge in [-0.25, -0.2) is 0 Å². The monoisotopic (exact) mass is 954 g/mol. The van der Waals surface area contributed by atoms with E-state index in [0.29, 0.717) is 0 Å². The second-order valence-electron chi connectivity index (χ2n) is 19.6. The lowest BCUT2D eigenvalue weighted by Crippen LogP contribution is -2.11. The maximum absolute atomic E-state index is 6.59. The standard InChI is InChI=1S/C72H46N2O/c1-4-23-60-49(15-1)35-41-65-67-46-54(36-42-71(67)75-72(60)65)59-22-7-10-28-68(59)73(56-39-33-48(34-40-56)51-18-14-20-57(44-51)74-69-29-11-8-26-63(69)64-27-9-12-30-70(64)74)55-37-31-47(32-38-55)50-17-13-19-52(43-50)66-45-53-16-2-3-21-58(53)61-24-5-6-25-62(61)66/h1-46H. The number of aromatic nitrogens is 1. The van der Waals surface area contributed by atoms with E-state index in [4.69, 9.17) is 4.42 Å². The van der Waals surface area contributed by atoms with Crippen LogP contribution in [0.4, 0.5) is 17.1 Å². The van der Waals surface area contributed by atoms with Gasteiger partial charge in [0.2, 0.25) is 0 Å². The highest BCUT2D eigenvalue weighted by Gasteiger charge is 2.20. The van der Waals surface area contributed by atoms with E-state index in [1.165, 1.54) is 65.4 Å². The van der Waals surface area contributed by atoms with Crippen LogP contribution in [-0.2, 0) is 0 Å². The predicted octanol–water partition coefficient (Wildman–Crippen LogP) is 20.3. The average Bonchev–Trinajstić information content (AvgIpc) is 4.04. The Kier molecular flexibility index (Phi) is 9.89. The van der Waals surface area contributed by atoms with Gasteiger partial charge in [0.1, 0.15) is 11.2 Å². The van der Waals surface area contributed by atoms with Crippen molar-refractivity contribution in [3.05, 3.63) is 279 Å². The quantitative estimate of drug-likeness (QED) is 0.142. The van der Waals surface area contributed by atoms with Crippen molar-refractivity contribution in [1.82, 2.24) is 4.57 Å². The van der Waals surface area contributed by atoms with E-state index in [9.17, 15) is 0 Å². The maximum Gasteiger partial charge on any atom is 0.143 e. The molecule has 0 N–H and O–H groups in total. The van der Waals surface area contributed by atoms with E-state index in [1.54, 1.807) is 0 Å². The summed E-state index contributed by atoms with van der Waals surface area (Å²) in [5.41, 5.74) is 17.8. The molecule has 0 saturated heterocycles. The molecule has 75 heavy (non-hydrogen) atoms. The molecule has 15 rings (SSSR count). The summed E-state index contributed by atoms with van der Waals surface area (Å²) in [6, 6.07) is 102. The molecule has 0 aliphatic rings. The Labute approximate surface area is 434 Å². The highest BCUT2D eigenvalue weighted by molar-refractivity contribution is 6.16. The van der Waals surface area contributed by atoms with E-state index in [-0.39, 0.29) is 0 Å². The van der Waals surface area contributed by atoms with E-state index in [1.807, 2.05) is 0 Å². The van der Waals surface area contributed by atoms with Gasteiger partial charge in [0.05, 0.1) is 16.7 Å². The summed E-state index contributed by atoms with van der Waals surface area (Å²) in [6.07, 6.45) is 0. The van der Waals surface area contributed by atoms with Gasteiger partial charge in [-0.1, -0.05) is 194 Å². The molecule has 350 valence electrons. The van der Waals surface area contributed by atoms with Crippen molar-refractivity contribution < 1.29 is 4.42 Å². The van der Waals surface area contributed by atoms with Gasteiger partial charge >= 0.3 is 0 Å². The molecule has 2 aromatic heterocycles. The van der Waals surface area contributed by atoms with Crippen LogP contribution in [0.15, 0.2) is 283 Å². The number of fused-ring (bicyclic) bond motifs is 11. The first-order chi connectivity index (χ1) is 37.2. The summed E-state index contributed by atoms with van der Waals surface area (Å²) >= 11 is 0. The molecule has 0 aliphatic carbocycles. The van der Waals surface area contributed by atoms with E-state index in [2.05, 4.69) is 289 Å². The van der Waals surface area contributed by atoms with Crippen LogP contribution in [0.3, 0.4) is 0 Å². The summed E-state index contributed by atoms with van der Waals surface area (Å²) < 4.78 is 8.98. The Morgan fingerprint density at radius 2 is 0.827 bits per heavy atom. The molecule has 0 fully saturated rings. The third-order valence-corrected chi connectivity index (χ3v) is 15.4. The van der Waals surface area contributed by atoms with Crippen LogP contribution in [-0.4, -0.2) is 4.57 Å². The summed E-state index contributed by atoms with van der Waals surface area (Å²) in [7, 11) is 0. The Bertz CT molecular complexity index is 4660. The van der Waals surface area contributed by atoms with Crippen LogP contribution >= 0.6 is 0 Å². The minimum atomic E-state index is 0.880. The molecular weight excluding hydrogens is 909 g/mol. The van der Waals surface area contributed by atoms with Crippen LogP contribution in [0.2, 0.25) is 0 Å².